The lowest BCUT2D eigenvalue weighted by Gasteiger charge is -2.33. The zero-order valence-electron chi connectivity index (χ0n) is 16.2. The first-order chi connectivity index (χ1) is 13.9. The van der Waals surface area contributed by atoms with Gasteiger partial charge in [0, 0.05) is 58.5 Å². The van der Waals surface area contributed by atoms with Gasteiger partial charge in [-0.1, -0.05) is 24.3 Å². The quantitative estimate of drug-likeness (QED) is 0.829. The fourth-order valence-corrected chi connectivity index (χ4v) is 5.76. The molecule has 3 aliphatic rings. The van der Waals surface area contributed by atoms with Crippen LogP contribution in [-0.2, 0) is 28.7 Å². The molecule has 2 aliphatic heterocycles. The summed E-state index contributed by atoms with van der Waals surface area (Å²) in [4.78, 5) is 10.9. The normalized spacial score (nSPS) is 28.1. The minimum atomic E-state index is -2.90. The van der Waals surface area contributed by atoms with Gasteiger partial charge in [-0.2, -0.15) is 8.78 Å². The number of benzene rings is 1. The van der Waals surface area contributed by atoms with Crippen molar-refractivity contribution in [1.29, 1.82) is 0 Å². The van der Waals surface area contributed by atoms with E-state index in [1.807, 2.05) is 29.2 Å². The van der Waals surface area contributed by atoms with E-state index in [0.717, 1.165) is 30.6 Å². The van der Waals surface area contributed by atoms with Crippen LogP contribution < -0.4 is 10.6 Å². The van der Waals surface area contributed by atoms with Crippen LogP contribution in [-0.4, -0.2) is 38.8 Å². The molecule has 0 atom stereocenters. The molecule has 5 nitrogen and oxygen atoms in total. The number of aromatic nitrogens is 2. The van der Waals surface area contributed by atoms with Crippen molar-refractivity contribution in [2.24, 2.45) is 5.73 Å². The average Bonchev–Trinajstić information content (AvgIpc) is 2.98. The maximum Gasteiger partial charge on any atom is 0.290 e. The summed E-state index contributed by atoms with van der Waals surface area (Å²) in [6.07, 6.45) is 2.48. The molecule has 3 heterocycles. The van der Waals surface area contributed by atoms with Crippen molar-refractivity contribution in [2.75, 3.05) is 29.5 Å². The van der Waals surface area contributed by atoms with Crippen molar-refractivity contribution < 1.29 is 13.0 Å². The van der Waals surface area contributed by atoms with E-state index in [9.17, 15) is 13.0 Å². The molecule has 1 aromatic heterocycles. The topological polar surface area (TPSA) is 72.1 Å². The fraction of sp³-hybridized carbons (Fsp3) is 0.524. The monoisotopic (exact) mass is 418 g/mol. The Morgan fingerprint density at radius 1 is 1.03 bits per heavy atom. The Morgan fingerprint density at radius 2 is 1.72 bits per heavy atom. The molecular weight excluding hydrogens is 394 g/mol. The number of nitrogens with zero attached hydrogens (tertiary/aromatic N) is 3. The van der Waals surface area contributed by atoms with Gasteiger partial charge in [0.15, 0.2) is 0 Å². The number of halogens is 2. The summed E-state index contributed by atoms with van der Waals surface area (Å²) in [5, 5.41) is 0. The van der Waals surface area contributed by atoms with Crippen LogP contribution in [0.15, 0.2) is 24.3 Å². The van der Waals surface area contributed by atoms with E-state index in [1.54, 1.807) is 0 Å². The molecule has 0 radical (unpaired) electrons. The van der Waals surface area contributed by atoms with Crippen LogP contribution in [0.2, 0.25) is 0 Å². The van der Waals surface area contributed by atoms with E-state index in [2.05, 4.69) is 9.97 Å². The van der Waals surface area contributed by atoms with Crippen LogP contribution in [0.5, 0.6) is 0 Å². The second kappa shape index (κ2) is 6.80. The molecule has 5 rings (SSSR count). The molecule has 8 heteroatoms. The smallest absolute Gasteiger partial charge is 0.290 e. The number of rotatable bonds is 3. The molecule has 2 saturated heterocycles. The second-order valence-electron chi connectivity index (χ2n) is 8.33. The van der Waals surface area contributed by atoms with Crippen molar-refractivity contribution >= 4 is 16.7 Å². The van der Waals surface area contributed by atoms with Gasteiger partial charge in [-0.3, -0.25) is 4.21 Å². The van der Waals surface area contributed by atoms with Crippen LogP contribution in [0.4, 0.5) is 14.7 Å². The van der Waals surface area contributed by atoms with Gasteiger partial charge >= 0.3 is 0 Å². The molecule has 1 aliphatic carbocycles. The molecule has 2 aromatic rings. The Morgan fingerprint density at radius 3 is 2.34 bits per heavy atom. The van der Waals surface area contributed by atoms with Crippen molar-refractivity contribution in [3.63, 3.8) is 0 Å². The molecule has 1 aromatic carbocycles. The predicted octanol–water partition coefficient (Wildman–Crippen LogP) is 3.09. The van der Waals surface area contributed by atoms with Gasteiger partial charge < -0.3 is 10.6 Å². The zero-order valence-corrected chi connectivity index (χ0v) is 17.0. The summed E-state index contributed by atoms with van der Waals surface area (Å²) in [6.45, 7) is 1.61. The number of fused-ring (bicyclic) bond motifs is 1. The van der Waals surface area contributed by atoms with Crippen LogP contribution in [0.25, 0.3) is 11.3 Å². The van der Waals surface area contributed by atoms with Crippen LogP contribution in [0.3, 0.4) is 0 Å². The first-order valence-corrected chi connectivity index (χ1v) is 11.6. The Kier molecular flexibility index (Phi) is 4.47. The van der Waals surface area contributed by atoms with E-state index in [1.165, 1.54) is 0 Å². The van der Waals surface area contributed by atoms with E-state index in [4.69, 9.17) is 5.73 Å². The molecular formula is C21H24F2N4OS. The summed E-state index contributed by atoms with van der Waals surface area (Å²) in [6, 6.07) is 7.78. The third kappa shape index (κ3) is 3.26. The summed E-state index contributed by atoms with van der Waals surface area (Å²) < 4.78 is 40.5. The molecule has 0 amide bonds. The minimum absolute atomic E-state index is 0.112. The molecule has 0 spiro atoms. The summed E-state index contributed by atoms with van der Waals surface area (Å²) in [5.74, 6) is -1.26. The lowest BCUT2D eigenvalue weighted by Crippen LogP contribution is -2.42. The van der Waals surface area contributed by atoms with Crippen molar-refractivity contribution in [3.8, 4) is 11.3 Å². The highest BCUT2D eigenvalue weighted by atomic mass is 32.2. The van der Waals surface area contributed by atoms with Crippen molar-refractivity contribution in [3.05, 3.63) is 41.1 Å². The summed E-state index contributed by atoms with van der Waals surface area (Å²) in [5.41, 5.74) is 8.97. The molecule has 0 unspecified atom stereocenters. The van der Waals surface area contributed by atoms with Crippen LogP contribution in [0.1, 0.15) is 42.5 Å². The van der Waals surface area contributed by atoms with Crippen LogP contribution in [0, 0.1) is 0 Å². The highest BCUT2D eigenvalue weighted by Gasteiger charge is 2.43. The lowest BCUT2D eigenvalue weighted by atomic mass is 9.85. The van der Waals surface area contributed by atoms with Gasteiger partial charge in [0.25, 0.3) is 5.92 Å². The number of anilines is 1. The Labute approximate surface area is 171 Å². The highest BCUT2D eigenvalue weighted by Crippen LogP contribution is 2.44. The number of alkyl halides is 2. The van der Waals surface area contributed by atoms with Crippen molar-refractivity contribution in [2.45, 2.75) is 43.6 Å². The standard InChI is InChI=1S/C21H24F2N4OS/c22-21(23)7-6-16-17(25-19(26-18(16)21)27-10-1-11-27)14-2-4-15(5-3-14)20(24)8-12-29(28)13-9-20/h2-5H,1,6-13,24H2. The largest absolute Gasteiger partial charge is 0.341 e. The van der Waals surface area contributed by atoms with E-state index < -0.39 is 22.3 Å². The Balaban J connectivity index is 1.52. The molecule has 29 heavy (non-hydrogen) atoms. The van der Waals surface area contributed by atoms with Gasteiger partial charge in [-0.25, -0.2) is 9.97 Å². The molecule has 0 saturated carbocycles. The third-order valence-corrected chi connectivity index (χ3v) is 7.77. The Bertz CT molecular complexity index is 965. The van der Waals surface area contributed by atoms with E-state index in [0.29, 0.717) is 41.6 Å². The first-order valence-electron chi connectivity index (χ1n) is 10.1. The summed E-state index contributed by atoms with van der Waals surface area (Å²) in [7, 11) is -0.777. The number of nitrogens with two attached hydrogens (primary N) is 1. The lowest BCUT2D eigenvalue weighted by molar-refractivity contribution is -0.00593. The summed E-state index contributed by atoms with van der Waals surface area (Å²) >= 11 is 0. The SMILES string of the molecule is NC1(c2ccc(-c3nc(N4CCC4)nc4c3CCC4(F)F)cc2)CCS(=O)CC1. The third-order valence-electron chi connectivity index (χ3n) is 6.45. The average molecular weight is 419 g/mol. The number of hydrogen-bond donors (Lipinski definition) is 1. The molecule has 2 fully saturated rings. The molecule has 2 N–H and O–H groups in total. The first kappa shape index (κ1) is 19.1. The predicted molar refractivity (Wildman–Crippen MR) is 109 cm³/mol. The zero-order chi connectivity index (χ0) is 20.2. The Hall–Kier alpha value is -1.93. The minimum Gasteiger partial charge on any atom is -0.341 e. The van der Waals surface area contributed by atoms with E-state index >= 15 is 0 Å². The maximum atomic E-state index is 14.4. The van der Waals surface area contributed by atoms with Gasteiger partial charge in [-0.15, -0.1) is 0 Å². The van der Waals surface area contributed by atoms with Gasteiger partial charge in [0.05, 0.1) is 5.69 Å². The second-order valence-corrected chi connectivity index (χ2v) is 10.0. The van der Waals surface area contributed by atoms with Gasteiger partial charge in [-0.05, 0) is 31.2 Å². The van der Waals surface area contributed by atoms with Gasteiger partial charge in [0.1, 0.15) is 5.69 Å². The molecule has 154 valence electrons. The van der Waals surface area contributed by atoms with Crippen LogP contribution >= 0.6 is 0 Å². The van der Waals surface area contributed by atoms with Crippen molar-refractivity contribution in [1.82, 2.24) is 9.97 Å². The molecule has 0 bridgehead atoms. The maximum absolute atomic E-state index is 14.4. The highest BCUT2D eigenvalue weighted by molar-refractivity contribution is 7.85. The van der Waals surface area contributed by atoms with Gasteiger partial charge in [0.2, 0.25) is 5.95 Å². The number of hydrogen-bond acceptors (Lipinski definition) is 5. The van der Waals surface area contributed by atoms with E-state index in [-0.39, 0.29) is 18.5 Å². The fourth-order valence-electron chi connectivity index (χ4n) is 4.38.